The molecule has 1 saturated heterocycles. The first kappa shape index (κ1) is 65.2. The molecule has 1 aliphatic rings. The second-order valence-corrected chi connectivity index (χ2v) is 45.0. The average molecular weight is 1350 g/mol. The summed E-state index contributed by atoms with van der Waals surface area (Å²) in [4.78, 5) is 8.33. The molecule has 5 radical (unpaired) electrons. The van der Waals surface area contributed by atoms with Crippen LogP contribution >= 0.6 is 70.5 Å². The van der Waals surface area contributed by atoms with Gasteiger partial charge in [-0.25, -0.2) is 9.69 Å². The molecule has 0 aliphatic carbocycles. The minimum atomic E-state index is 0.139. The third kappa shape index (κ3) is 17.0. The van der Waals surface area contributed by atoms with Crippen LogP contribution in [0.2, 0.25) is 0 Å². The topological polar surface area (TPSA) is 28.6 Å². The van der Waals surface area contributed by atoms with Crippen LogP contribution in [0.25, 0.3) is 54.2 Å². The Kier molecular flexibility index (Phi) is 29.1. The zero-order valence-electron chi connectivity index (χ0n) is 45.5. The van der Waals surface area contributed by atoms with Crippen LogP contribution in [0.15, 0.2) is 109 Å². The summed E-state index contributed by atoms with van der Waals surface area (Å²) >= 11 is 5.22. The van der Waals surface area contributed by atoms with Gasteiger partial charge in [0, 0.05) is 31.8 Å². The van der Waals surface area contributed by atoms with Gasteiger partial charge in [-0.05, 0) is 143 Å². The molecule has 6 aromatic rings. The Morgan fingerprint density at radius 1 is 0.370 bits per heavy atom. The summed E-state index contributed by atoms with van der Waals surface area (Å²) in [5.41, 5.74) is 21.0. The zero-order chi connectivity index (χ0) is 54.7. The van der Waals surface area contributed by atoms with Crippen molar-refractivity contribution in [3.05, 3.63) is 190 Å². The van der Waals surface area contributed by atoms with Crippen molar-refractivity contribution in [2.75, 3.05) is 0 Å². The summed E-state index contributed by atoms with van der Waals surface area (Å²) in [5, 5.41) is 0. The van der Waals surface area contributed by atoms with Crippen molar-refractivity contribution in [2.45, 2.75) is 151 Å². The molecule has 1 heterocycles. The minimum Gasteiger partial charge on any atom is 0 e. The fraction of sp³-hybridized carbons (Fsp3) is 0.365. The summed E-state index contributed by atoms with van der Waals surface area (Å²) in [6.07, 6.45) is 0. The van der Waals surface area contributed by atoms with Gasteiger partial charge < -0.3 is 0 Å². The summed E-state index contributed by atoms with van der Waals surface area (Å²) in [6, 6.07) is 39.2. The average Bonchev–Trinajstić information content (AvgIpc) is 3.35. The standard InChI is InChI=1S/C31H37N.C31H36N.CO.2HI.Mo.P4/c2*1-19(2)23-13-10-14-24(20(3)4)29(23)27-17-12-18-28(31(27)32-9)30-25(21(5)6)15-11-16-26(30)22(7)8;1-2;;;;1-2-4-3-1/h10-22H,1-8H3;10-22H,1H2,2-8H3;;2*1H;;/q;;;;;+2;/p-2. The van der Waals surface area contributed by atoms with E-state index in [1.54, 1.807) is 31.8 Å². The van der Waals surface area contributed by atoms with E-state index in [0.29, 0.717) is 52.6 Å². The number of hydrogen-bond donors (Lipinski definition) is 0. The van der Waals surface area contributed by atoms with Gasteiger partial charge in [0.15, 0.2) is 0 Å². The Morgan fingerprint density at radius 3 is 0.685 bits per heavy atom. The summed E-state index contributed by atoms with van der Waals surface area (Å²) in [6.45, 7) is 58.8. The van der Waals surface area contributed by atoms with Crippen molar-refractivity contribution in [2.24, 2.45) is 0 Å². The van der Waals surface area contributed by atoms with Crippen molar-refractivity contribution in [1.29, 1.82) is 0 Å². The van der Waals surface area contributed by atoms with E-state index in [2.05, 4.69) is 275 Å². The van der Waals surface area contributed by atoms with Gasteiger partial charge in [-0.3, -0.25) is 0 Å². The number of halogens is 2. The van der Waals surface area contributed by atoms with E-state index >= 15 is 0 Å². The Bertz CT molecular complexity index is 2380. The summed E-state index contributed by atoms with van der Waals surface area (Å²) in [5.74, 6) is 2.81. The van der Waals surface area contributed by atoms with Crippen LogP contribution in [0, 0.1) is 26.7 Å². The van der Waals surface area contributed by atoms with E-state index in [0.717, 1.165) is 33.6 Å². The fourth-order valence-electron chi connectivity index (χ4n) is 9.55. The largest absolute Gasteiger partial charge is 0 e. The van der Waals surface area contributed by atoms with Crippen LogP contribution in [-0.2, 0) is 15.9 Å². The SMILES string of the molecule is [C-]#[N+]c1c(-c2c(C(C)C)cccc2C(C)C)cccc1-c1c(C(C)C)cccc1C(C)C.[C-]#[N+]c1c(-c2c(C([CH2])C)cccc2C(C)C)cccc1-c1c(C(C)C)cccc1C(C)C.[C-]#[O+].[I][Mo][I].[P]1[P][P][P]1. The maximum absolute atomic E-state index is 8.26. The van der Waals surface area contributed by atoms with E-state index in [1.807, 2.05) is 0 Å². The number of para-hydroxylation sites is 2. The first-order chi connectivity index (χ1) is 34.8. The zero-order valence-corrected chi connectivity index (χ0v) is 55.4. The molecule has 0 saturated carbocycles. The molecule has 1 fully saturated rings. The smallest absolute Gasteiger partial charge is 0 e. The van der Waals surface area contributed by atoms with Gasteiger partial charge in [-0.2, -0.15) is 0 Å². The van der Waals surface area contributed by atoms with Gasteiger partial charge in [0.25, 0.3) is 0 Å². The first-order valence-electron chi connectivity index (χ1n) is 25.0. The van der Waals surface area contributed by atoms with E-state index in [4.69, 9.17) is 17.8 Å². The molecule has 73 heavy (non-hydrogen) atoms. The molecule has 381 valence electrons. The molecular weight excluding hydrogens is 1270 g/mol. The molecule has 3 nitrogen and oxygen atoms in total. The molecule has 0 bridgehead atoms. The molecule has 1 unspecified atom stereocenters. The van der Waals surface area contributed by atoms with E-state index in [-0.39, 0.29) is 5.92 Å². The van der Waals surface area contributed by atoms with Crippen LogP contribution < -0.4 is 0 Å². The molecule has 1 atom stereocenters. The normalized spacial score (nSPS) is 13.1. The van der Waals surface area contributed by atoms with Crippen molar-refractivity contribution >= 4 is 81.9 Å². The van der Waals surface area contributed by atoms with E-state index < -0.39 is 0 Å². The Hall–Kier alpha value is -2.09. The van der Waals surface area contributed by atoms with E-state index in [1.165, 1.54) is 66.8 Å². The van der Waals surface area contributed by atoms with Crippen molar-refractivity contribution in [1.82, 2.24) is 0 Å². The van der Waals surface area contributed by atoms with Crippen LogP contribution in [0.3, 0.4) is 0 Å². The third-order valence-electron chi connectivity index (χ3n) is 12.9. The van der Waals surface area contributed by atoms with Crippen molar-refractivity contribution in [3.63, 3.8) is 0 Å². The molecule has 1 aliphatic heterocycles. The molecule has 6 aromatic carbocycles. The van der Waals surface area contributed by atoms with Gasteiger partial charge in [-0.15, -0.1) is 0 Å². The maximum atomic E-state index is 8.26. The van der Waals surface area contributed by atoms with Gasteiger partial charge >= 0.3 is 61.2 Å². The summed E-state index contributed by atoms with van der Waals surface area (Å²) in [7, 11) is 6.44. The Balaban J connectivity index is 0.000000330. The maximum Gasteiger partial charge on any atom is 0 e. The molecule has 0 amide bonds. The number of benzene rings is 6. The number of rotatable bonds is 12. The first-order valence-corrected chi connectivity index (χ1v) is 43.4. The van der Waals surface area contributed by atoms with Crippen molar-refractivity contribution < 1.29 is 15.9 Å². The summed E-state index contributed by atoms with van der Waals surface area (Å²) < 4.78 is 7.50. The number of hydrogen-bond acceptors (Lipinski definition) is 0. The molecule has 7 rings (SSSR count). The predicted molar refractivity (Wildman–Crippen MR) is 339 cm³/mol. The molecule has 0 spiro atoms. The molecule has 0 aromatic heterocycles. The monoisotopic (exact) mass is 1350 g/mol. The molecule has 0 N–H and O–H groups in total. The van der Waals surface area contributed by atoms with Crippen molar-refractivity contribution in [3.8, 4) is 44.5 Å². The number of nitrogens with zero attached hydrogens (tertiary/aromatic N) is 2. The van der Waals surface area contributed by atoms with E-state index in [9.17, 15) is 0 Å². The van der Waals surface area contributed by atoms with Crippen LogP contribution in [0.4, 0.5) is 11.4 Å². The minimum absolute atomic E-state index is 0.139. The molecular formula is C63H73I2MoN2OP4. The van der Waals surface area contributed by atoms with Gasteiger partial charge in [0.2, 0.25) is 11.4 Å². The van der Waals surface area contributed by atoms with Crippen LogP contribution in [0.5, 0.6) is 0 Å². The van der Waals surface area contributed by atoms with Crippen LogP contribution in [0.1, 0.15) is 196 Å². The Labute approximate surface area is 478 Å². The Morgan fingerprint density at radius 2 is 0.534 bits per heavy atom. The second kappa shape index (κ2) is 32.6. The van der Waals surface area contributed by atoms with Gasteiger partial charge in [0.1, 0.15) is 0 Å². The fourth-order valence-corrected chi connectivity index (χ4v) is 12.8. The third-order valence-corrected chi connectivity index (χ3v) is 25.7. The predicted octanol–water partition coefficient (Wildman–Crippen LogP) is 25.1. The quantitative estimate of drug-likeness (QED) is 0.0384. The van der Waals surface area contributed by atoms with Gasteiger partial charge in [0.05, 0.1) is 13.1 Å². The second-order valence-electron chi connectivity index (χ2n) is 20.3. The molecule has 10 heteroatoms. The van der Waals surface area contributed by atoms with Crippen LogP contribution in [-0.4, -0.2) is 0 Å². The van der Waals surface area contributed by atoms with Gasteiger partial charge in [-0.1, -0.05) is 213 Å².